The van der Waals surface area contributed by atoms with E-state index in [1.807, 2.05) is 0 Å². The molecule has 1 heterocycles. The van der Waals surface area contributed by atoms with Gasteiger partial charge in [0.25, 0.3) is 0 Å². The van der Waals surface area contributed by atoms with Crippen LogP contribution >= 0.6 is 0 Å². The summed E-state index contributed by atoms with van der Waals surface area (Å²) in [5.74, 6) is 1.10. The fraction of sp³-hybridized carbons (Fsp3) is 0.538. The van der Waals surface area contributed by atoms with Crippen LogP contribution in [0.5, 0.6) is 0 Å². The third-order valence-electron chi connectivity index (χ3n) is 2.79. The van der Waals surface area contributed by atoms with Crippen LogP contribution in [-0.2, 0) is 4.74 Å². The molecule has 76 valence electrons. The average molecular weight is 190 g/mol. The minimum absolute atomic E-state index is 0.116. The number of hydrogen-bond acceptors (Lipinski definition) is 1. The van der Waals surface area contributed by atoms with Gasteiger partial charge in [0.05, 0.1) is 6.10 Å². The van der Waals surface area contributed by atoms with E-state index in [9.17, 15) is 0 Å². The van der Waals surface area contributed by atoms with Gasteiger partial charge >= 0.3 is 0 Å². The van der Waals surface area contributed by atoms with Crippen molar-refractivity contribution >= 4 is 0 Å². The van der Waals surface area contributed by atoms with Gasteiger partial charge in [0, 0.05) is 5.41 Å². The topological polar surface area (TPSA) is 9.23 Å². The molecule has 0 bridgehead atoms. The van der Waals surface area contributed by atoms with Crippen LogP contribution in [0.1, 0.15) is 33.6 Å². The van der Waals surface area contributed by atoms with Gasteiger partial charge in [0.2, 0.25) is 0 Å². The first-order valence-corrected chi connectivity index (χ1v) is 5.35. The molecular formula is C13H18O. The third kappa shape index (κ3) is 1.92. The van der Waals surface area contributed by atoms with Crippen molar-refractivity contribution < 1.29 is 4.74 Å². The van der Waals surface area contributed by atoms with Crippen molar-refractivity contribution in [3.8, 4) is 0 Å². The van der Waals surface area contributed by atoms with E-state index in [1.165, 1.54) is 5.57 Å². The zero-order valence-corrected chi connectivity index (χ0v) is 9.21. The number of allylic oxidation sites excluding steroid dienone is 5. The fourth-order valence-corrected chi connectivity index (χ4v) is 1.92. The molecular weight excluding hydrogens is 172 g/mol. The molecule has 1 nitrogen and oxygen atoms in total. The zero-order chi connectivity index (χ0) is 10.2. The van der Waals surface area contributed by atoms with E-state index >= 15 is 0 Å². The van der Waals surface area contributed by atoms with Gasteiger partial charge in [-0.05, 0) is 31.4 Å². The molecule has 1 atom stereocenters. The first kappa shape index (κ1) is 9.57. The van der Waals surface area contributed by atoms with Crippen molar-refractivity contribution in [1.29, 1.82) is 0 Å². The van der Waals surface area contributed by atoms with Gasteiger partial charge in [-0.15, -0.1) is 0 Å². The van der Waals surface area contributed by atoms with Crippen LogP contribution in [0.4, 0.5) is 0 Å². The summed E-state index contributed by atoms with van der Waals surface area (Å²) in [5.41, 5.74) is 1.47. The average Bonchev–Trinajstić information content (AvgIpc) is 2.21. The van der Waals surface area contributed by atoms with E-state index in [2.05, 4.69) is 45.1 Å². The lowest BCUT2D eigenvalue weighted by Crippen LogP contribution is -2.17. The van der Waals surface area contributed by atoms with Crippen molar-refractivity contribution in [3.63, 3.8) is 0 Å². The van der Waals surface area contributed by atoms with E-state index in [1.54, 1.807) is 0 Å². The van der Waals surface area contributed by atoms with Gasteiger partial charge in [-0.1, -0.05) is 32.1 Å². The molecule has 1 saturated heterocycles. The molecule has 1 unspecified atom stereocenters. The maximum Gasteiger partial charge on any atom is 0.119 e. The molecule has 1 heteroatoms. The quantitative estimate of drug-likeness (QED) is 0.567. The smallest absolute Gasteiger partial charge is 0.119 e. The maximum absolute atomic E-state index is 5.86. The summed E-state index contributed by atoms with van der Waals surface area (Å²) in [7, 11) is 0. The third-order valence-corrected chi connectivity index (χ3v) is 2.79. The normalized spacial score (nSPS) is 29.5. The monoisotopic (exact) mass is 190 g/mol. The lowest BCUT2D eigenvalue weighted by atomic mass is 9.91. The van der Waals surface area contributed by atoms with Gasteiger partial charge in [0.15, 0.2) is 0 Å². The Morgan fingerprint density at radius 3 is 3.00 bits per heavy atom. The molecule has 1 aliphatic heterocycles. The second kappa shape index (κ2) is 3.30. The molecule has 0 saturated carbocycles. The van der Waals surface area contributed by atoms with Crippen LogP contribution in [0.15, 0.2) is 35.6 Å². The Hall–Kier alpha value is -0.980. The number of hydrogen-bond donors (Lipinski definition) is 0. The fourth-order valence-electron chi connectivity index (χ4n) is 1.92. The summed E-state index contributed by atoms with van der Waals surface area (Å²) in [4.78, 5) is 0. The van der Waals surface area contributed by atoms with Gasteiger partial charge in [0.1, 0.15) is 5.76 Å². The van der Waals surface area contributed by atoms with E-state index in [4.69, 9.17) is 4.74 Å². The first-order valence-electron chi connectivity index (χ1n) is 5.35. The maximum atomic E-state index is 5.86. The molecule has 14 heavy (non-hydrogen) atoms. The summed E-state index contributed by atoms with van der Waals surface area (Å²) in [6.07, 6.45) is 11.4. The number of fused-ring (bicyclic) bond motifs is 1. The van der Waals surface area contributed by atoms with Gasteiger partial charge in [-0.25, -0.2) is 0 Å². The Kier molecular flexibility index (Phi) is 2.26. The van der Waals surface area contributed by atoms with E-state index in [0.29, 0.717) is 6.10 Å². The zero-order valence-electron chi connectivity index (χ0n) is 9.21. The van der Waals surface area contributed by atoms with Gasteiger partial charge in [-0.2, -0.15) is 0 Å². The highest BCUT2D eigenvalue weighted by atomic mass is 16.5. The van der Waals surface area contributed by atoms with Crippen LogP contribution in [0.2, 0.25) is 0 Å². The van der Waals surface area contributed by atoms with Gasteiger partial charge < -0.3 is 4.74 Å². The number of ether oxygens (including phenoxy) is 1. The highest BCUT2D eigenvalue weighted by Gasteiger charge is 2.23. The highest BCUT2D eigenvalue weighted by Crippen LogP contribution is 2.34. The molecule has 1 aliphatic carbocycles. The lowest BCUT2D eigenvalue weighted by molar-refractivity contribution is 0.108. The highest BCUT2D eigenvalue weighted by molar-refractivity contribution is 5.36. The predicted molar refractivity (Wildman–Crippen MR) is 58.9 cm³/mol. The van der Waals surface area contributed by atoms with Gasteiger partial charge in [-0.3, -0.25) is 0 Å². The van der Waals surface area contributed by atoms with Crippen LogP contribution < -0.4 is 0 Å². The van der Waals surface area contributed by atoms with Crippen LogP contribution in [0, 0.1) is 5.41 Å². The first-order chi connectivity index (χ1) is 6.57. The Morgan fingerprint density at radius 1 is 1.43 bits per heavy atom. The molecule has 0 aromatic carbocycles. The number of rotatable bonds is 0. The SMILES string of the molecule is CC1CCC2=CC=CC(C)(C)C=C2O1. The Morgan fingerprint density at radius 2 is 2.21 bits per heavy atom. The Balaban J connectivity index is 2.32. The summed E-state index contributed by atoms with van der Waals surface area (Å²) in [5, 5.41) is 0. The van der Waals surface area contributed by atoms with E-state index in [0.717, 1.165) is 18.6 Å². The molecule has 0 N–H and O–H groups in total. The molecule has 0 aromatic rings. The van der Waals surface area contributed by atoms with Crippen molar-refractivity contribution in [3.05, 3.63) is 35.6 Å². The standard InChI is InChI=1S/C13H18O/c1-10-6-7-11-5-4-8-13(2,3)9-12(11)14-10/h4-5,8-10H,6-7H2,1-3H3. The summed E-state index contributed by atoms with van der Waals surface area (Å²) >= 11 is 0. The van der Waals surface area contributed by atoms with Crippen molar-refractivity contribution in [2.75, 3.05) is 0 Å². The molecule has 1 fully saturated rings. The van der Waals surface area contributed by atoms with E-state index in [-0.39, 0.29) is 5.41 Å². The van der Waals surface area contributed by atoms with Crippen molar-refractivity contribution in [1.82, 2.24) is 0 Å². The summed E-state index contributed by atoms with van der Waals surface area (Å²) in [6, 6.07) is 0. The second-order valence-electron chi connectivity index (χ2n) is 4.85. The van der Waals surface area contributed by atoms with Crippen molar-refractivity contribution in [2.45, 2.75) is 39.7 Å². The summed E-state index contributed by atoms with van der Waals surface area (Å²) in [6.45, 7) is 6.55. The molecule has 0 amide bonds. The molecule has 0 radical (unpaired) electrons. The van der Waals surface area contributed by atoms with E-state index < -0.39 is 0 Å². The van der Waals surface area contributed by atoms with Crippen LogP contribution in [-0.4, -0.2) is 6.10 Å². The minimum Gasteiger partial charge on any atom is -0.491 e. The van der Waals surface area contributed by atoms with Crippen molar-refractivity contribution in [2.24, 2.45) is 5.41 Å². The molecule has 0 aromatic heterocycles. The molecule has 0 spiro atoms. The van der Waals surface area contributed by atoms with Crippen LogP contribution in [0.3, 0.4) is 0 Å². The minimum atomic E-state index is 0.116. The molecule has 2 rings (SSSR count). The van der Waals surface area contributed by atoms with Crippen LogP contribution in [0.25, 0.3) is 0 Å². The lowest BCUT2D eigenvalue weighted by Gasteiger charge is -2.26. The predicted octanol–water partition coefficient (Wildman–Crippen LogP) is 3.59. The molecule has 2 aliphatic rings. The largest absolute Gasteiger partial charge is 0.491 e. The Labute approximate surface area is 86.2 Å². The second-order valence-corrected chi connectivity index (χ2v) is 4.85. The summed E-state index contributed by atoms with van der Waals surface area (Å²) < 4.78 is 5.86. The Bertz CT molecular complexity index is 318.